The Kier molecular flexibility index (Phi) is 4.20. The molecule has 0 amide bonds. The average Bonchev–Trinajstić information content (AvgIpc) is 3.04. The van der Waals surface area contributed by atoms with E-state index in [2.05, 4.69) is 34.6 Å². The van der Waals surface area contributed by atoms with E-state index in [1.807, 2.05) is 6.07 Å². The van der Waals surface area contributed by atoms with Gasteiger partial charge in [-0.25, -0.2) is 0 Å². The standard InChI is InChI=1S/C16H21N3O2/c1-11-7-8-12(16-19-17-10-21-16)9-14(11)18-13-5-3-4-6-15(13)20-2/h7-10,13,15,18H,3-6H2,1-2H3. The second-order valence-corrected chi connectivity index (χ2v) is 5.58. The number of anilines is 1. The fourth-order valence-corrected chi connectivity index (χ4v) is 2.95. The van der Waals surface area contributed by atoms with Gasteiger partial charge in [0.15, 0.2) is 0 Å². The minimum Gasteiger partial charge on any atom is -0.423 e. The van der Waals surface area contributed by atoms with Crippen LogP contribution in [0.2, 0.25) is 0 Å². The van der Waals surface area contributed by atoms with E-state index >= 15 is 0 Å². The molecule has 1 heterocycles. The predicted molar refractivity (Wildman–Crippen MR) is 81.1 cm³/mol. The summed E-state index contributed by atoms with van der Waals surface area (Å²) in [4.78, 5) is 0. The van der Waals surface area contributed by atoms with Crippen LogP contribution in [-0.4, -0.2) is 29.5 Å². The van der Waals surface area contributed by atoms with Crippen LogP contribution in [0.15, 0.2) is 29.0 Å². The molecule has 1 aromatic heterocycles. The molecule has 112 valence electrons. The highest BCUT2D eigenvalue weighted by molar-refractivity contribution is 5.64. The molecule has 1 aliphatic rings. The maximum atomic E-state index is 5.61. The number of hydrogen-bond donors (Lipinski definition) is 1. The van der Waals surface area contributed by atoms with Gasteiger partial charge >= 0.3 is 0 Å². The summed E-state index contributed by atoms with van der Waals surface area (Å²) in [6.07, 6.45) is 6.39. The van der Waals surface area contributed by atoms with Gasteiger partial charge in [0.1, 0.15) is 0 Å². The van der Waals surface area contributed by atoms with E-state index < -0.39 is 0 Å². The van der Waals surface area contributed by atoms with Gasteiger partial charge in [0.05, 0.1) is 12.1 Å². The van der Waals surface area contributed by atoms with Crippen LogP contribution in [0.3, 0.4) is 0 Å². The zero-order valence-corrected chi connectivity index (χ0v) is 12.5. The van der Waals surface area contributed by atoms with E-state index in [-0.39, 0.29) is 6.10 Å². The Bertz CT molecular complexity index is 583. The van der Waals surface area contributed by atoms with E-state index in [1.165, 1.54) is 24.8 Å². The van der Waals surface area contributed by atoms with Crippen LogP contribution in [0, 0.1) is 6.92 Å². The molecule has 2 aromatic rings. The third-order valence-corrected chi connectivity index (χ3v) is 4.19. The molecule has 0 spiro atoms. The molecule has 2 atom stereocenters. The first-order chi connectivity index (χ1) is 10.3. The first kappa shape index (κ1) is 14.1. The first-order valence-corrected chi connectivity index (χ1v) is 7.44. The highest BCUT2D eigenvalue weighted by Crippen LogP contribution is 2.28. The van der Waals surface area contributed by atoms with Gasteiger partial charge in [-0.1, -0.05) is 18.9 Å². The van der Waals surface area contributed by atoms with E-state index in [0.29, 0.717) is 11.9 Å². The Morgan fingerprint density at radius 3 is 2.90 bits per heavy atom. The number of methoxy groups -OCH3 is 1. The van der Waals surface area contributed by atoms with E-state index in [4.69, 9.17) is 9.15 Å². The molecule has 1 N–H and O–H groups in total. The summed E-state index contributed by atoms with van der Waals surface area (Å²) in [6.45, 7) is 2.10. The smallest absolute Gasteiger partial charge is 0.247 e. The maximum absolute atomic E-state index is 5.61. The molecular weight excluding hydrogens is 266 g/mol. The number of nitrogens with one attached hydrogen (secondary N) is 1. The van der Waals surface area contributed by atoms with Gasteiger partial charge < -0.3 is 14.5 Å². The number of aryl methyl sites for hydroxylation is 1. The Balaban J connectivity index is 1.82. The van der Waals surface area contributed by atoms with Crippen molar-refractivity contribution in [1.82, 2.24) is 10.2 Å². The van der Waals surface area contributed by atoms with Crippen LogP contribution in [0.5, 0.6) is 0 Å². The second kappa shape index (κ2) is 6.26. The van der Waals surface area contributed by atoms with Gasteiger partial charge in [-0.3, -0.25) is 0 Å². The van der Waals surface area contributed by atoms with Crippen molar-refractivity contribution in [3.05, 3.63) is 30.2 Å². The van der Waals surface area contributed by atoms with Gasteiger partial charge in [0.25, 0.3) is 0 Å². The number of benzene rings is 1. The minimum absolute atomic E-state index is 0.283. The third kappa shape index (κ3) is 3.08. The van der Waals surface area contributed by atoms with Gasteiger partial charge in [-0.15, -0.1) is 10.2 Å². The molecule has 5 nitrogen and oxygen atoms in total. The van der Waals surface area contributed by atoms with E-state index in [1.54, 1.807) is 7.11 Å². The normalized spacial score (nSPS) is 22.2. The second-order valence-electron chi connectivity index (χ2n) is 5.58. The highest BCUT2D eigenvalue weighted by Gasteiger charge is 2.25. The molecule has 1 aliphatic carbocycles. The van der Waals surface area contributed by atoms with Crippen LogP contribution in [-0.2, 0) is 4.74 Å². The summed E-state index contributed by atoms with van der Waals surface area (Å²) in [5, 5.41) is 11.3. The van der Waals surface area contributed by atoms with Gasteiger partial charge in [-0.2, -0.15) is 0 Å². The van der Waals surface area contributed by atoms with Crippen molar-refractivity contribution >= 4 is 5.69 Å². The lowest BCUT2D eigenvalue weighted by Crippen LogP contribution is -2.37. The predicted octanol–water partition coefficient (Wildman–Crippen LogP) is 3.41. The molecule has 0 radical (unpaired) electrons. The SMILES string of the molecule is COC1CCCCC1Nc1cc(-c2nnco2)ccc1C. The summed E-state index contributed by atoms with van der Waals surface area (Å²) in [5.74, 6) is 0.546. The molecule has 0 aliphatic heterocycles. The van der Waals surface area contributed by atoms with Crippen molar-refractivity contribution in [3.63, 3.8) is 0 Å². The Hall–Kier alpha value is -1.88. The van der Waals surface area contributed by atoms with Gasteiger partial charge in [0.2, 0.25) is 12.3 Å². The summed E-state index contributed by atoms with van der Waals surface area (Å²) >= 11 is 0. The average molecular weight is 287 g/mol. The van der Waals surface area contributed by atoms with E-state index in [0.717, 1.165) is 24.1 Å². The zero-order valence-electron chi connectivity index (χ0n) is 12.5. The van der Waals surface area contributed by atoms with Crippen LogP contribution in [0.1, 0.15) is 31.2 Å². The summed E-state index contributed by atoms with van der Waals surface area (Å²) in [7, 11) is 1.80. The third-order valence-electron chi connectivity index (χ3n) is 4.19. The van der Waals surface area contributed by atoms with Crippen molar-refractivity contribution in [2.45, 2.75) is 44.8 Å². The monoisotopic (exact) mass is 287 g/mol. The number of rotatable bonds is 4. The van der Waals surface area contributed by atoms with Crippen LogP contribution < -0.4 is 5.32 Å². The largest absolute Gasteiger partial charge is 0.423 e. The quantitative estimate of drug-likeness (QED) is 0.933. The molecule has 5 heteroatoms. The molecule has 21 heavy (non-hydrogen) atoms. The van der Waals surface area contributed by atoms with Gasteiger partial charge in [0, 0.05) is 18.4 Å². The van der Waals surface area contributed by atoms with Crippen molar-refractivity contribution in [2.75, 3.05) is 12.4 Å². The van der Waals surface area contributed by atoms with Crippen LogP contribution >= 0.6 is 0 Å². The van der Waals surface area contributed by atoms with Crippen LogP contribution in [0.4, 0.5) is 5.69 Å². The number of aromatic nitrogens is 2. The first-order valence-electron chi connectivity index (χ1n) is 7.44. The molecule has 0 saturated heterocycles. The lowest BCUT2D eigenvalue weighted by atomic mass is 9.92. The molecule has 3 rings (SSSR count). The molecule has 1 saturated carbocycles. The Morgan fingerprint density at radius 1 is 1.29 bits per heavy atom. The zero-order chi connectivity index (χ0) is 14.7. The number of ether oxygens (including phenoxy) is 1. The fraction of sp³-hybridized carbons (Fsp3) is 0.500. The Labute approximate surface area is 124 Å². The summed E-state index contributed by atoms with van der Waals surface area (Å²) < 4.78 is 10.9. The molecule has 1 fully saturated rings. The lowest BCUT2D eigenvalue weighted by molar-refractivity contribution is 0.0606. The van der Waals surface area contributed by atoms with E-state index in [9.17, 15) is 0 Å². The summed E-state index contributed by atoms with van der Waals surface area (Å²) in [5.41, 5.74) is 3.25. The minimum atomic E-state index is 0.283. The molecule has 1 aromatic carbocycles. The summed E-state index contributed by atoms with van der Waals surface area (Å²) in [6, 6.07) is 6.51. The van der Waals surface area contributed by atoms with Crippen molar-refractivity contribution in [3.8, 4) is 11.5 Å². The van der Waals surface area contributed by atoms with Crippen molar-refractivity contribution < 1.29 is 9.15 Å². The lowest BCUT2D eigenvalue weighted by Gasteiger charge is -2.32. The van der Waals surface area contributed by atoms with Crippen molar-refractivity contribution in [2.24, 2.45) is 0 Å². The van der Waals surface area contributed by atoms with Crippen LogP contribution in [0.25, 0.3) is 11.5 Å². The van der Waals surface area contributed by atoms with Crippen molar-refractivity contribution in [1.29, 1.82) is 0 Å². The molecule has 0 bridgehead atoms. The fourth-order valence-electron chi connectivity index (χ4n) is 2.95. The number of hydrogen-bond acceptors (Lipinski definition) is 5. The topological polar surface area (TPSA) is 60.2 Å². The molecule has 2 unspecified atom stereocenters. The highest BCUT2D eigenvalue weighted by atomic mass is 16.5. The molecular formula is C16H21N3O2. The maximum Gasteiger partial charge on any atom is 0.247 e. The Morgan fingerprint density at radius 2 is 2.14 bits per heavy atom. The van der Waals surface area contributed by atoms with Gasteiger partial charge in [-0.05, 0) is 37.5 Å². The number of nitrogens with zero attached hydrogens (tertiary/aromatic N) is 2.